The highest BCUT2D eigenvalue weighted by atomic mass is 16.5. The third kappa shape index (κ3) is 5.27. The molecule has 0 aliphatic heterocycles. The van der Waals surface area contributed by atoms with Crippen LogP contribution in [0.3, 0.4) is 0 Å². The van der Waals surface area contributed by atoms with Crippen LogP contribution in [0.5, 0.6) is 11.5 Å². The third-order valence-electron chi connectivity index (χ3n) is 4.59. The molecule has 0 aliphatic rings. The number of rotatable bonds is 9. The highest BCUT2D eigenvalue weighted by Crippen LogP contribution is 2.24. The van der Waals surface area contributed by atoms with Crippen LogP contribution in [0.15, 0.2) is 48.7 Å². The van der Waals surface area contributed by atoms with Gasteiger partial charge >= 0.3 is 0 Å². The van der Waals surface area contributed by atoms with Gasteiger partial charge in [-0.1, -0.05) is 12.1 Å². The van der Waals surface area contributed by atoms with Gasteiger partial charge in [-0.05, 0) is 62.0 Å². The second kappa shape index (κ2) is 9.28. The number of ether oxygens (including phenoxy) is 2. The average Bonchev–Trinajstić information content (AvgIpc) is 3.11. The number of nitrogens with zero attached hydrogens (tertiary/aromatic N) is 1. The summed E-state index contributed by atoms with van der Waals surface area (Å²) >= 11 is 0. The van der Waals surface area contributed by atoms with Gasteiger partial charge in [0.1, 0.15) is 11.5 Å². The smallest absolute Gasteiger partial charge is 0.258 e. The predicted molar refractivity (Wildman–Crippen MR) is 111 cm³/mol. The van der Waals surface area contributed by atoms with Crippen LogP contribution in [-0.4, -0.2) is 50.1 Å². The topological polar surface area (TPSA) is 66.6 Å². The Labute approximate surface area is 165 Å². The molecule has 6 nitrogen and oxygen atoms in total. The van der Waals surface area contributed by atoms with Crippen molar-refractivity contribution < 1.29 is 14.3 Å². The Balaban J connectivity index is 1.53. The third-order valence-corrected chi connectivity index (χ3v) is 4.59. The van der Waals surface area contributed by atoms with E-state index in [4.69, 9.17) is 9.47 Å². The first kappa shape index (κ1) is 19.8. The van der Waals surface area contributed by atoms with Crippen LogP contribution in [0.1, 0.15) is 11.1 Å². The lowest BCUT2D eigenvalue weighted by molar-refractivity contribution is -0.123. The van der Waals surface area contributed by atoms with Crippen LogP contribution in [0, 0.1) is 0 Å². The zero-order valence-corrected chi connectivity index (χ0v) is 16.6. The van der Waals surface area contributed by atoms with E-state index < -0.39 is 0 Å². The molecule has 0 aliphatic carbocycles. The minimum atomic E-state index is -0.155. The molecule has 0 spiro atoms. The summed E-state index contributed by atoms with van der Waals surface area (Å²) in [5, 5.41) is 4.00. The number of hydrogen-bond acceptors (Lipinski definition) is 4. The molecule has 0 saturated carbocycles. The molecule has 0 saturated heterocycles. The molecular formula is C22H27N3O3. The first-order valence-electron chi connectivity index (χ1n) is 9.32. The maximum absolute atomic E-state index is 12.1. The van der Waals surface area contributed by atoms with E-state index in [-0.39, 0.29) is 12.5 Å². The first-order chi connectivity index (χ1) is 13.5. The SMILES string of the molecule is COc1ccc(CNC(=O)COc2ccc3[nH]cc(CCN(C)C)c3c2)cc1. The molecule has 1 amide bonds. The molecule has 0 bridgehead atoms. The fourth-order valence-corrected chi connectivity index (χ4v) is 2.94. The molecular weight excluding hydrogens is 354 g/mol. The summed E-state index contributed by atoms with van der Waals surface area (Å²) in [6.07, 6.45) is 3.00. The minimum Gasteiger partial charge on any atom is -0.497 e. The number of H-pyrrole nitrogens is 1. The number of hydrogen-bond donors (Lipinski definition) is 2. The van der Waals surface area contributed by atoms with Crippen LogP contribution < -0.4 is 14.8 Å². The molecule has 2 N–H and O–H groups in total. The number of likely N-dealkylation sites (N-methyl/N-ethyl adjacent to an activating group) is 1. The van der Waals surface area contributed by atoms with Crippen molar-refractivity contribution >= 4 is 16.8 Å². The van der Waals surface area contributed by atoms with Crippen LogP contribution in [0.2, 0.25) is 0 Å². The van der Waals surface area contributed by atoms with Gasteiger partial charge in [0.05, 0.1) is 7.11 Å². The summed E-state index contributed by atoms with van der Waals surface area (Å²) < 4.78 is 10.8. The summed E-state index contributed by atoms with van der Waals surface area (Å²) in [6, 6.07) is 13.5. The van der Waals surface area contributed by atoms with Crippen molar-refractivity contribution in [2.24, 2.45) is 0 Å². The van der Waals surface area contributed by atoms with Gasteiger partial charge in [-0.25, -0.2) is 0 Å². The Hall–Kier alpha value is -2.99. The molecule has 2 aromatic carbocycles. The Morgan fingerprint density at radius 3 is 2.57 bits per heavy atom. The fraction of sp³-hybridized carbons (Fsp3) is 0.318. The molecule has 1 heterocycles. The lowest BCUT2D eigenvalue weighted by atomic mass is 10.1. The van der Waals surface area contributed by atoms with E-state index in [0.29, 0.717) is 12.3 Å². The maximum Gasteiger partial charge on any atom is 0.258 e. The van der Waals surface area contributed by atoms with Gasteiger partial charge in [-0.15, -0.1) is 0 Å². The number of carbonyl (C=O) groups excluding carboxylic acids is 1. The first-order valence-corrected chi connectivity index (χ1v) is 9.32. The zero-order chi connectivity index (χ0) is 19.9. The molecule has 0 atom stereocenters. The van der Waals surface area contributed by atoms with Gasteiger partial charge in [-0.2, -0.15) is 0 Å². The summed E-state index contributed by atoms with van der Waals surface area (Å²) in [5.74, 6) is 1.33. The molecule has 0 unspecified atom stereocenters. The lowest BCUT2D eigenvalue weighted by Crippen LogP contribution is -2.28. The highest BCUT2D eigenvalue weighted by molar-refractivity contribution is 5.85. The van der Waals surface area contributed by atoms with E-state index in [1.165, 1.54) is 5.56 Å². The number of methoxy groups -OCH3 is 1. The van der Waals surface area contributed by atoms with Crippen molar-refractivity contribution in [3.63, 3.8) is 0 Å². The van der Waals surface area contributed by atoms with Gasteiger partial charge in [0.2, 0.25) is 0 Å². The molecule has 3 rings (SSSR count). The highest BCUT2D eigenvalue weighted by Gasteiger charge is 2.08. The zero-order valence-electron chi connectivity index (χ0n) is 16.6. The Kier molecular flexibility index (Phi) is 6.55. The van der Waals surface area contributed by atoms with Crippen molar-refractivity contribution in [1.29, 1.82) is 0 Å². The van der Waals surface area contributed by atoms with E-state index in [0.717, 1.165) is 35.2 Å². The Bertz CT molecular complexity index is 916. The second-order valence-electron chi connectivity index (χ2n) is 6.99. The molecule has 0 fully saturated rings. The van der Waals surface area contributed by atoms with Gasteiger partial charge in [0.25, 0.3) is 5.91 Å². The van der Waals surface area contributed by atoms with Crippen molar-refractivity contribution in [2.75, 3.05) is 34.4 Å². The fourth-order valence-electron chi connectivity index (χ4n) is 2.94. The van der Waals surface area contributed by atoms with E-state index in [2.05, 4.69) is 29.3 Å². The quantitative estimate of drug-likeness (QED) is 0.598. The van der Waals surface area contributed by atoms with Gasteiger partial charge in [0.15, 0.2) is 6.61 Å². The summed E-state index contributed by atoms with van der Waals surface area (Å²) in [6.45, 7) is 1.42. The average molecular weight is 381 g/mol. The molecule has 6 heteroatoms. The second-order valence-corrected chi connectivity index (χ2v) is 6.99. The van der Waals surface area contributed by atoms with Gasteiger partial charge in [-0.3, -0.25) is 4.79 Å². The largest absolute Gasteiger partial charge is 0.497 e. The summed E-state index contributed by atoms with van der Waals surface area (Å²) in [7, 11) is 5.76. The van der Waals surface area contributed by atoms with Crippen LogP contribution in [0.4, 0.5) is 0 Å². The van der Waals surface area contributed by atoms with Crippen molar-refractivity contribution in [3.8, 4) is 11.5 Å². The molecule has 28 heavy (non-hydrogen) atoms. The van der Waals surface area contributed by atoms with Crippen LogP contribution in [-0.2, 0) is 17.8 Å². The Morgan fingerprint density at radius 1 is 1.11 bits per heavy atom. The number of carbonyl (C=O) groups is 1. The van der Waals surface area contributed by atoms with Crippen LogP contribution >= 0.6 is 0 Å². The number of amides is 1. The maximum atomic E-state index is 12.1. The summed E-state index contributed by atoms with van der Waals surface area (Å²) in [5.41, 5.74) is 3.33. The number of fused-ring (bicyclic) bond motifs is 1. The molecule has 148 valence electrons. The van der Waals surface area contributed by atoms with Gasteiger partial charge < -0.3 is 24.7 Å². The normalized spacial score (nSPS) is 11.0. The van der Waals surface area contributed by atoms with Crippen molar-refractivity contribution in [1.82, 2.24) is 15.2 Å². The molecule has 1 aromatic heterocycles. The number of aromatic amines is 1. The van der Waals surface area contributed by atoms with Crippen molar-refractivity contribution in [2.45, 2.75) is 13.0 Å². The summed E-state index contributed by atoms with van der Waals surface area (Å²) in [4.78, 5) is 17.5. The monoisotopic (exact) mass is 381 g/mol. The molecule has 3 aromatic rings. The number of nitrogens with one attached hydrogen (secondary N) is 2. The van der Waals surface area contributed by atoms with E-state index in [1.807, 2.05) is 48.7 Å². The number of aromatic nitrogens is 1. The lowest BCUT2D eigenvalue weighted by Gasteiger charge is -2.10. The van der Waals surface area contributed by atoms with E-state index in [1.54, 1.807) is 7.11 Å². The number of benzene rings is 2. The standard InChI is InChI=1S/C22H27N3O3/c1-25(2)11-10-17-14-23-21-9-8-19(12-20(17)21)28-15-22(26)24-13-16-4-6-18(27-3)7-5-16/h4-9,12,14,23H,10-11,13,15H2,1-3H3,(H,24,26). The molecule has 0 radical (unpaired) electrons. The van der Waals surface area contributed by atoms with E-state index >= 15 is 0 Å². The van der Waals surface area contributed by atoms with Crippen LogP contribution in [0.25, 0.3) is 10.9 Å². The van der Waals surface area contributed by atoms with Gasteiger partial charge in [0, 0.05) is 30.2 Å². The minimum absolute atomic E-state index is 0.0148. The van der Waals surface area contributed by atoms with E-state index in [9.17, 15) is 4.79 Å². The predicted octanol–water partition coefficient (Wildman–Crippen LogP) is 2.98. The Morgan fingerprint density at radius 2 is 1.86 bits per heavy atom. The van der Waals surface area contributed by atoms with Crippen molar-refractivity contribution in [3.05, 3.63) is 59.8 Å².